The van der Waals surface area contributed by atoms with Gasteiger partial charge in [-0.1, -0.05) is 20.8 Å². The molecule has 1 aromatic carbocycles. The molecule has 0 heterocycles. The van der Waals surface area contributed by atoms with Crippen molar-refractivity contribution in [3.05, 3.63) is 30.1 Å². The van der Waals surface area contributed by atoms with Gasteiger partial charge in [-0.3, -0.25) is 4.79 Å². The van der Waals surface area contributed by atoms with E-state index in [0.29, 0.717) is 12.3 Å². The molecule has 0 bridgehead atoms. The lowest BCUT2D eigenvalue weighted by Gasteiger charge is -2.16. The number of hydrogen-bond acceptors (Lipinski definition) is 3. The number of carbonyl (C=O) groups is 1. The highest BCUT2D eigenvalue weighted by molar-refractivity contribution is 8.01. The summed E-state index contributed by atoms with van der Waals surface area (Å²) in [5.74, 6) is 1.31. The molecule has 0 spiro atoms. The highest BCUT2D eigenvalue weighted by Crippen LogP contribution is 2.22. The highest BCUT2D eigenvalue weighted by Gasteiger charge is 2.12. The van der Waals surface area contributed by atoms with Gasteiger partial charge in [-0.25, -0.2) is 4.39 Å². The van der Waals surface area contributed by atoms with Gasteiger partial charge in [0.15, 0.2) is 0 Å². The quantitative estimate of drug-likeness (QED) is 0.610. The van der Waals surface area contributed by atoms with Gasteiger partial charge in [0.2, 0.25) is 5.91 Å². The maximum atomic E-state index is 12.7. The molecular formula is C15H22FNOS2. The van der Waals surface area contributed by atoms with Crippen molar-refractivity contribution in [3.8, 4) is 0 Å². The number of carbonyl (C=O) groups excluding carboxylic acids is 1. The van der Waals surface area contributed by atoms with E-state index in [2.05, 4.69) is 26.1 Å². The molecule has 5 heteroatoms. The Morgan fingerprint density at radius 2 is 1.90 bits per heavy atom. The van der Waals surface area contributed by atoms with Crippen LogP contribution < -0.4 is 5.32 Å². The van der Waals surface area contributed by atoms with Crippen LogP contribution in [0.25, 0.3) is 0 Å². The molecule has 0 aromatic heterocycles. The minimum atomic E-state index is -0.210. The second-order valence-corrected chi connectivity index (χ2v) is 8.38. The van der Waals surface area contributed by atoms with E-state index >= 15 is 0 Å². The summed E-state index contributed by atoms with van der Waals surface area (Å²) >= 11 is 3.33. The average molecular weight is 315 g/mol. The number of amides is 1. The second-order valence-electron chi connectivity index (χ2n) is 5.41. The molecule has 0 radical (unpaired) electrons. The maximum absolute atomic E-state index is 12.7. The predicted molar refractivity (Wildman–Crippen MR) is 87.0 cm³/mol. The molecule has 1 rings (SSSR count). The largest absolute Gasteiger partial charge is 0.355 e. The second kappa shape index (κ2) is 8.57. The first kappa shape index (κ1) is 17.4. The summed E-state index contributed by atoms with van der Waals surface area (Å²) < 4.78 is 12.8. The Morgan fingerprint density at radius 1 is 1.25 bits per heavy atom. The first-order valence-electron chi connectivity index (χ1n) is 6.66. The monoisotopic (exact) mass is 315 g/mol. The van der Waals surface area contributed by atoms with Gasteiger partial charge in [-0.05, 0) is 36.4 Å². The Kier molecular flexibility index (Phi) is 7.45. The molecule has 2 nitrogen and oxygen atoms in total. The van der Waals surface area contributed by atoms with Crippen molar-refractivity contribution >= 4 is 29.4 Å². The van der Waals surface area contributed by atoms with Crippen LogP contribution in [0.3, 0.4) is 0 Å². The molecule has 0 unspecified atom stereocenters. The Hall–Kier alpha value is -0.680. The zero-order valence-electron chi connectivity index (χ0n) is 12.2. The van der Waals surface area contributed by atoms with Crippen LogP contribution in [0.5, 0.6) is 0 Å². The highest BCUT2D eigenvalue weighted by atomic mass is 32.2. The van der Waals surface area contributed by atoms with Crippen LogP contribution in [0.4, 0.5) is 4.39 Å². The van der Waals surface area contributed by atoms with E-state index in [4.69, 9.17) is 0 Å². The van der Waals surface area contributed by atoms with Crippen molar-refractivity contribution in [1.82, 2.24) is 5.32 Å². The third-order valence-corrected chi connectivity index (χ3v) is 4.73. The molecule has 112 valence electrons. The van der Waals surface area contributed by atoms with Gasteiger partial charge in [0, 0.05) is 16.2 Å². The fourth-order valence-electron chi connectivity index (χ4n) is 1.35. The smallest absolute Gasteiger partial charge is 0.230 e. The average Bonchev–Trinajstić information content (AvgIpc) is 2.37. The summed E-state index contributed by atoms with van der Waals surface area (Å²) in [5.41, 5.74) is 0. The van der Waals surface area contributed by atoms with E-state index in [1.807, 2.05) is 0 Å². The standard InChI is InChI=1S/C15H22FNOS2/c1-15(2,3)20-11-14(18)17-9-4-10-19-13-7-5-12(16)6-8-13/h5-8H,4,9-11H2,1-3H3,(H,17,18). The molecular weight excluding hydrogens is 293 g/mol. The van der Waals surface area contributed by atoms with Crippen molar-refractivity contribution in [2.45, 2.75) is 36.8 Å². The lowest BCUT2D eigenvalue weighted by atomic mass is 10.3. The van der Waals surface area contributed by atoms with Crippen molar-refractivity contribution in [2.24, 2.45) is 0 Å². The van der Waals surface area contributed by atoms with Gasteiger partial charge >= 0.3 is 0 Å². The van der Waals surface area contributed by atoms with Gasteiger partial charge < -0.3 is 5.32 Å². The molecule has 0 aliphatic heterocycles. The molecule has 1 aromatic rings. The topological polar surface area (TPSA) is 29.1 Å². The molecule has 1 N–H and O–H groups in total. The number of nitrogens with one attached hydrogen (secondary N) is 1. The predicted octanol–water partition coefficient (Wildman–Crippen LogP) is 3.96. The number of benzene rings is 1. The first-order chi connectivity index (χ1) is 9.37. The van der Waals surface area contributed by atoms with Gasteiger partial charge in [-0.2, -0.15) is 0 Å². The summed E-state index contributed by atoms with van der Waals surface area (Å²) in [6.07, 6.45) is 0.911. The van der Waals surface area contributed by atoms with Gasteiger partial charge in [-0.15, -0.1) is 23.5 Å². The van der Waals surface area contributed by atoms with Crippen molar-refractivity contribution < 1.29 is 9.18 Å². The van der Waals surface area contributed by atoms with Crippen LogP contribution >= 0.6 is 23.5 Å². The van der Waals surface area contributed by atoms with Crippen LogP contribution in [0.2, 0.25) is 0 Å². The number of hydrogen-bond donors (Lipinski definition) is 1. The Morgan fingerprint density at radius 3 is 2.50 bits per heavy atom. The van der Waals surface area contributed by atoms with Crippen LogP contribution in [0.15, 0.2) is 29.2 Å². The fraction of sp³-hybridized carbons (Fsp3) is 0.533. The van der Waals surface area contributed by atoms with E-state index in [0.717, 1.165) is 17.1 Å². The van der Waals surface area contributed by atoms with Crippen LogP contribution in [0.1, 0.15) is 27.2 Å². The van der Waals surface area contributed by atoms with Gasteiger partial charge in [0.25, 0.3) is 0 Å². The van der Waals surface area contributed by atoms with E-state index in [1.54, 1.807) is 35.7 Å². The molecule has 0 fully saturated rings. The summed E-state index contributed by atoms with van der Waals surface area (Å²) in [5, 5.41) is 2.92. The summed E-state index contributed by atoms with van der Waals surface area (Å²) in [7, 11) is 0. The van der Waals surface area contributed by atoms with Gasteiger partial charge in [0.1, 0.15) is 5.82 Å². The summed E-state index contributed by atoms with van der Waals surface area (Å²) in [4.78, 5) is 12.6. The normalized spacial score (nSPS) is 11.4. The van der Waals surface area contributed by atoms with Gasteiger partial charge in [0.05, 0.1) is 5.75 Å². The van der Waals surface area contributed by atoms with Crippen LogP contribution in [-0.2, 0) is 4.79 Å². The third-order valence-electron chi connectivity index (χ3n) is 2.36. The molecule has 1 amide bonds. The summed E-state index contributed by atoms with van der Waals surface area (Å²) in [6, 6.07) is 6.48. The van der Waals surface area contributed by atoms with Crippen molar-refractivity contribution in [3.63, 3.8) is 0 Å². The zero-order valence-corrected chi connectivity index (χ0v) is 13.9. The van der Waals surface area contributed by atoms with Crippen molar-refractivity contribution in [1.29, 1.82) is 0 Å². The molecule has 20 heavy (non-hydrogen) atoms. The van der Waals surface area contributed by atoms with E-state index in [-0.39, 0.29) is 16.5 Å². The Balaban J connectivity index is 2.07. The molecule has 0 atom stereocenters. The van der Waals surface area contributed by atoms with E-state index in [1.165, 1.54) is 12.1 Å². The Labute approximate surface area is 129 Å². The third kappa shape index (κ3) is 8.48. The SMILES string of the molecule is CC(C)(C)SCC(=O)NCCCSc1ccc(F)cc1. The fourth-order valence-corrected chi connectivity index (χ4v) is 2.87. The molecule has 0 aliphatic carbocycles. The minimum absolute atomic E-state index is 0.0942. The van der Waals surface area contributed by atoms with Crippen molar-refractivity contribution in [2.75, 3.05) is 18.1 Å². The lowest BCUT2D eigenvalue weighted by Crippen LogP contribution is -2.28. The molecule has 0 saturated heterocycles. The number of rotatable bonds is 7. The maximum Gasteiger partial charge on any atom is 0.230 e. The van der Waals surface area contributed by atoms with Crippen LogP contribution in [0, 0.1) is 5.82 Å². The zero-order chi connectivity index (χ0) is 15.0. The lowest BCUT2D eigenvalue weighted by molar-refractivity contribution is -0.118. The van der Waals surface area contributed by atoms with Crippen LogP contribution in [-0.4, -0.2) is 28.7 Å². The van der Waals surface area contributed by atoms with E-state index < -0.39 is 0 Å². The number of thioether (sulfide) groups is 2. The molecule has 0 aliphatic rings. The van der Waals surface area contributed by atoms with E-state index in [9.17, 15) is 9.18 Å². The number of halogens is 1. The first-order valence-corrected chi connectivity index (χ1v) is 8.63. The molecule has 0 saturated carbocycles. The minimum Gasteiger partial charge on any atom is -0.355 e. The summed E-state index contributed by atoms with van der Waals surface area (Å²) in [6.45, 7) is 7.00. The Bertz CT molecular complexity index is 415.